The molecule has 2 fully saturated rings. The number of methoxy groups -OCH3 is 1. The number of nitrogens with zero attached hydrogens (tertiary/aromatic N) is 4. The third-order valence-corrected chi connectivity index (χ3v) is 5.06. The van der Waals surface area contributed by atoms with Crippen LogP contribution in [0.15, 0.2) is 18.6 Å². The SMILES string of the molecule is COCCCN1CC2(CCCN(c3cnccn3)C2)CCC1=O. The van der Waals surface area contributed by atoms with Crippen molar-refractivity contribution in [3.63, 3.8) is 0 Å². The summed E-state index contributed by atoms with van der Waals surface area (Å²) >= 11 is 0. The first-order valence-electron chi connectivity index (χ1n) is 8.50. The molecule has 3 heterocycles. The standard InChI is InChI=1S/C17H26N4O2/c1-23-11-3-10-21-14-17(6-4-16(21)22)5-2-9-20(13-17)15-12-18-7-8-19-15/h7-8,12H,2-6,9-11,13-14H2,1H3. The summed E-state index contributed by atoms with van der Waals surface area (Å²) in [6.07, 6.45) is 10.2. The summed E-state index contributed by atoms with van der Waals surface area (Å²) in [7, 11) is 1.71. The number of likely N-dealkylation sites (tertiary alicyclic amines) is 1. The fraction of sp³-hybridized carbons (Fsp3) is 0.706. The van der Waals surface area contributed by atoms with Crippen molar-refractivity contribution < 1.29 is 9.53 Å². The average Bonchev–Trinajstić information content (AvgIpc) is 2.59. The molecule has 1 aromatic heterocycles. The Labute approximate surface area is 137 Å². The number of anilines is 1. The molecule has 1 spiro atoms. The second kappa shape index (κ2) is 7.25. The molecule has 0 N–H and O–H groups in total. The summed E-state index contributed by atoms with van der Waals surface area (Å²) < 4.78 is 5.12. The molecule has 1 unspecified atom stereocenters. The number of rotatable bonds is 5. The average molecular weight is 318 g/mol. The van der Waals surface area contributed by atoms with E-state index in [1.165, 1.54) is 6.42 Å². The molecule has 2 saturated heterocycles. The van der Waals surface area contributed by atoms with Crippen molar-refractivity contribution in [1.82, 2.24) is 14.9 Å². The highest BCUT2D eigenvalue weighted by molar-refractivity contribution is 5.77. The summed E-state index contributed by atoms with van der Waals surface area (Å²) in [6.45, 7) is 4.38. The zero-order valence-electron chi connectivity index (χ0n) is 13.9. The van der Waals surface area contributed by atoms with E-state index in [0.717, 1.165) is 51.3 Å². The van der Waals surface area contributed by atoms with Crippen molar-refractivity contribution in [2.24, 2.45) is 5.41 Å². The monoisotopic (exact) mass is 318 g/mol. The molecule has 0 aromatic carbocycles. The predicted octanol–water partition coefficient (Wildman–Crippen LogP) is 1.72. The molecule has 126 valence electrons. The van der Waals surface area contributed by atoms with Crippen molar-refractivity contribution in [3.05, 3.63) is 18.6 Å². The van der Waals surface area contributed by atoms with Crippen LogP contribution < -0.4 is 4.90 Å². The lowest BCUT2D eigenvalue weighted by Crippen LogP contribution is -2.54. The number of ether oxygens (including phenoxy) is 1. The molecule has 23 heavy (non-hydrogen) atoms. The van der Waals surface area contributed by atoms with Crippen LogP contribution in [-0.4, -0.2) is 60.7 Å². The highest BCUT2D eigenvalue weighted by atomic mass is 16.5. The first-order valence-corrected chi connectivity index (χ1v) is 8.50. The molecule has 0 aliphatic carbocycles. The van der Waals surface area contributed by atoms with Gasteiger partial charge in [0.2, 0.25) is 5.91 Å². The Morgan fingerprint density at radius 3 is 3.00 bits per heavy atom. The third kappa shape index (κ3) is 3.80. The largest absolute Gasteiger partial charge is 0.385 e. The van der Waals surface area contributed by atoms with E-state index in [1.54, 1.807) is 19.5 Å². The number of hydrogen-bond donors (Lipinski definition) is 0. The Kier molecular flexibility index (Phi) is 5.10. The highest BCUT2D eigenvalue weighted by Gasteiger charge is 2.41. The van der Waals surface area contributed by atoms with Gasteiger partial charge in [0, 0.05) is 64.1 Å². The third-order valence-electron chi connectivity index (χ3n) is 5.06. The normalized spacial score (nSPS) is 25.2. The molecular weight excluding hydrogens is 292 g/mol. The number of aromatic nitrogens is 2. The minimum absolute atomic E-state index is 0.205. The maximum Gasteiger partial charge on any atom is 0.222 e. The molecule has 1 amide bonds. The van der Waals surface area contributed by atoms with E-state index in [4.69, 9.17) is 4.74 Å². The van der Waals surface area contributed by atoms with Gasteiger partial charge >= 0.3 is 0 Å². The molecule has 6 heteroatoms. The van der Waals surface area contributed by atoms with Gasteiger partial charge in [-0.05, 0) is 25.7 Å². The number of carbonyl (C=O) groups excluding carboxylic acids is 1. The van der Waals surface area contributed by atoms with Crippen LogP contribution >= 0.6 is 0 Å². The lowest BCUT2D eigenvalue weighted by Gasteiger charge is -2.48. The van der Waals surface area contributed by atoms with Gasteiger partial charge in [-0.15, -0.1) is 0 Å². The van der Waals surface area contributed by atoms with Crippen LogP contribution in [0.3, 0.4) is 0 Å². The van der Waals surface area contributed by atoms with Gasteiger partial charge in [-0.25, -0.2) is 4.98 Å². The second-order valence-corrected chi connectivity index (χ2v) is 6.75. The van der Waals surface area contributed by atoms with E-state index in [2.05, 4.69) is 14.9 Å². The maximum atomic E-state index is 12.2. The van der Waals surface area contributed by atoms with Crippen molar-refractivity contribution in [2.75, 3.05) is 44.8 Å². The van der Waals surface area contributed by atoms with Gasteiger partial charge in [0.15, 0.2) is 0 Å². The summed E-state index contributed by atoms with van der Waals surface area (Å²) in [6, 6.07) is 0. The smallest absolute Gasteiger partial charge is 0.222 e. The van der Waals surface area contributed by atoms with Gasteiger partial charge in [0.05, 0.1) is 6.20 Å². The summed E-state index contributed by atoms with van der Waals surface area (Å²) in [5.41, 5.74) is 0.205. The zero-order chi connectivity index (χ0) is 16.1. The molecule has 0 saturated carbocycles. The highest BCUT2D eigenvalue weighted by Crippen LogP contribution is 2.39. The van der Waals surface area contributed by atoms with Crippen molar-refractivity contribution >= 4 is 11.7 Å². The van der Waals surface area contributed by atoms with Crippen molar-refractivity contribution in [3.8, 4) is 0 Å². The number of hydrogen-bond acceptors (Lipinski definition) is 5. The first-order chi connectivity index (χ1) is 11.2. The van der Waals surface area contributed by atoms with E-state index in [-0.39, 0.29) is 5.41 Å². The van der Waals surface area contributed by atoms with Crippen molar-refractivity contribution in [1.29, 1.82) is 0 Å². The lowest BCUT2D eigenvalue weighted by atomic mass is 9.73. The minimum Gasteiger partial charge on any atom is -0.385 e. The Hall–Kier alpha value is -1.69. The van der Waals surface area contributed by atoms with Gasteiger partial charge in [0.1, 0.15) is 5.82 Å². The van der Waals surface area contributed by atoms with Gasteiger partial charge in [-0.3, -0.25) is 9.78 Å². The molecular formula is C17H26N4O2. The summed E-state index contributed by atoms with van der Waals surface area (Å²) in [5, 5.41) is 0. The second-order valence-electron chi connectivity index (χ2n) is 6.75. The topological polar surface area (TPSA) is 58.6 Å². The minimum atomic E-state index is 0.205. The van der Waals surface area contributed by atoms with E-state index >= 15 is 0 Å². The van der Waals surface area contributed by atoms with Crippen molar-refractivity contribution in [2.45, 2.75) is 32.1 Å². The van der Waals surface area contributed by atoms with E-state index in [9.17, 15) is 4.79 Å². The van der Waals surface area contributed by atoms with Gasteiger partial charge in [-0.2, -0.15) is 0 Å². The molecule has 6 nitrogen and oxygen atoms in total. The van der Waals surface area contributed by atoms with Gasteiger partial charge in [-0.1, -0.05) is 0 Å². The molecule has 0 radical (unpaired) electrons. The van der Waals surface area contributed by atoms with E-state index in [1.807, 2.05) is 11.1 Å². The zero-order valence-corrected chi connectivity index (χ0v) is 13.9. The first kappa shape index (κ1) is 16.2. The fourth-order valence-corrected chi connectivity index (χ4v) is 3.90. The van der Waals surface area contributed by atoms with Gasteiger partial charge < -0.3 is 14.5 Å². The molecule has 2 aliphatic heterocycles. The van der Waals surface area contributed by atoms with Gasteiger partial charge in [0.25, 0.3) is 0 Å². The van der Waals surface area contributed by atoms with Crippen LogP contribution in [0, 0.1) is 5.41 Å². The Balaban J connectivity index is 1.67. The number of amides is 1. The van der Waals surface area contributed by atoms with Crippen LogP contribution in [0.5, 0.6) is 0 Å². The molecule has 3 rings (SSSR count). The Morgan fingerprint density at radius 2 is 2.22 bits per heavy atom. The van der Waals surface area contributed by atoms with Crippen LogP contribution in [-0.2, 0) is 9.53 Å². The summed E-state index contributed by atoms with van der Waals surface area (Å²) in [5.74, 6) is 1.25. The molecule has 0 bridgehead atoms. The lowest BCUT2D eigenvalue weighted by molar-refractivity contribution is -0.138. The van der Waals surface area contributed by atoms with E-state index in [0.29, 0.717) is 18.9 Å². The predicted molar refractivity (Wildman–Crippen MR) is 88.2 cm³/mol. The number of piperidine rings is 2. The Bertz CT molecular complexity index is 525. The molecule has 1 atom stereocenters. The quantitative estimate of drug-likeness (QED) is 0.774. The maximum absolute atomic E-state index is 12.2. The van der Waals surface area contributed by atoms with Crippen LogP contribution in [0.2, 0.25) is 0 Å². The van der Waals surface area contributed by atoms with Crippen LogP contribution in [0.4, 0.5) is 5.82 Å². The molecule has 1 aromatic rings. The van der Waals surface area contributed by atoms with Crippen LogP contribution in [0.25, 0.3) is 0 Å². The molecule has 2 aliphatic rings. The number of carbonyl (C=O) groups is 1. The summed E-state index contributed by atoms with van der Waals surface area (Å²) in [4.78, 5) is 25.2. The van der Waals surface area contributed by atoms with E-state index < -0.39 is 0 Å². The Morgan fingerprint density at radius 1 is 1.30 bits per heavy atom. The van der Waals surface area contributed by atoms with Crippen LogP contribution in [0.1, 0.15) is 32.1 Å². The fourth-order valence-electron chi connectivity index (χ4n) is 3.90.